The first kappa shape index (κ1) is 11.3. The van der Waals surface area contributed by atoms with Gasteiger partial charge in [-0.25, -0.2) is 0 Å². The lowest BCUT2D eigenvalue weighted by molar-refractivity contribution is 0.328. The van der Waals surface area contributed by atoms with Crippen LogP contribution in [0, 0.1) is 0 Å². The molecule has 2 N–H and O–H groups in total. The Hall–Kier alpha value is -1.74. The molecule has 0 saturated heterocycles. The van der Waals surface area contributed by atoms with Crippen molar-refractivity contribution in [2.75, 3.05) is 13.2 Å². The van der Waals surface area contributed by atoms with Crippen LogP contribution in [-0.2, 0) is 0 Å². The molecule has 2 aromatic rings. The second kappa shape index (κ2) is 7.64. The van der Waals surface area contributed by atoms with Gasteiger partial charge in [-0.05, 0) is 24.3 Å². The summed E-state index contributed by atoms with van der Waals surface area (Å²) in [7, 11) is 0. The van der Waals surface area contributed by atoms with Crippen molar-refractivity contribution >= 4 is 0 Å². The van der Waals surface area contributed by atoms with Gasteiger partial charge in [0.25, 0.3) is 0 Å². The molecule has 3 nitrogen and oxygen atoms in total. The average Bonchev–Trinajstić information content (AvgIpc) is 2.86. The Morgan fingerprint density at radius 1 is 1.00 bits per heavy atom. The maximum atomic E-state index is 5.25. The summed E-state index contributed by atoms with van der Waals surface area (Å²) < 4.78 is 9.81. The predicted octanol–water partition coefficient (Wildman–Crippen LogP) is 2.30. The van der Waals surface area contributed by atoms with Gasteiger partial charge in [-0.2, -0.15) is 0 Å². The summed E-state index contributed by atoms with van der Waals surface area (Å²) >= 11 is 0. The van der Waals surface area contributed by atoms with Gasteiger partial charge in [0.1, 0.15) is 12.4 Å². The molecule has 3 heteroatoms. The van der Waals surface area contributed by atoms with Crippen molar-refractivity contribution in [2.45, 2.75) is 0 Å². The Balaban J connectivity index is 0.000000187. The largest absolute Gasteiger partial charge is 0.492 e. The fraction of sp³-hybridized carbons (Fsp3) is 0.167. The molecule has 0 spiro atoms. The van der Waals surface area contributed by atoms with Crippen LogP contribution in [0.1, 0.15) is 0 Å². The quantitative estimate of drug-likeness (QED) is 0.836. The van der Waals surface area contributed by atoms with Crippen LogP contribution >= 0.6 is 0 Å². The third kappa shape index (κ3) is 5.54. The van der Waals surface area contributed by atoms with Crippen LogP contribution in [0.3, 0.4) is 0 Å². The van der Waals surface area contributed by atoms with Gasteiger partial charge in [0.05, 0.1) is 12.5 Å². The maximum Gasteiger partial charge on any atom is 0.119 e. The first-order valence-corrected chi connectivity index (χ1v) is 4.78. The van der Waals surface area contributed by atoms with E-state index in [4.69, 9.17) is 10.5 Å². The number of hydrogen-bond donors (Lipinski definition) is 1. The number of hydrogen-bond acceptors (Lipinski definition) is 3. The summed E-state index contributed by atoms with van der Waals surface area (Å²) in [4.78, 5) is 0. The number of para-hydroxylation sites is 1. The standard InChI is InChI=1S/C8H11NO.C4H4O/c9-6-7-10-8-4-2-1-3-5-8;1-2-4-5-3-1/h1-5H,6-7,9H2;1-4H. The van der Waals surface area contributed by atoms with Gasteiger partial charge in [-0.15, -0.1) is 0 Å². The van der Waals surface area contributed by atoms with Crippen molar-refractivity contribution in [3.05, 3.63) is 55.0 Å². The molecule has 0 fully saturated rings. The van der Waals surface area contributed by atoms with Crippen molar-refractivity contribution in [1.82, 2.24) is 0 Å². The number of rotatable bonds is 3. The number of ether oxygens (including phenoxy) is 1. The Bertz CT molecular complexity index is 301. The SMILES string of the molecule is NCCOc1ccccc1.c1ccoc1. The van der Waals surface area contributed by atoms with E-state index in [9.17, 15) is 0 Å². The summed E-state index contributed by atoms with van der Waals surface area (Å²) in [6.45, 7) is 1.15. The van der Waals surface area contributed by atoms with E-state index in [1.54, 1.807) is 12.5 Å². The molecular formula is C12H15NO2. The second-order valence-electron chi connectivity index (χ2n) is 2.74. The van der Waals surface area contributed by atoms with Crippen molar-refractivity contribution in [2.24, 2.45) is 5.73 Å². The van der Waals surface area contributed by atoms with Crippen LogP contribution in [0.5, 0.6) is 5.75 Å². The smallest absolute Gasteiger partial charge is 0.119 e. The molecule has 0 aliphatic carbocycles. The van der Waals surface area contributed by atoms with Crippen LogP contribution in [0.4, 0.5) is 0 Å². The lowest BCUT2D eigenvalue weighted by atomic mass is 10.3. The van der Waals surface area contributed by atoms with Gasteiger partial charge in [0.15, 0.2) is 0 Å². The van der Waals surface area contributed by atoms with Crippen molar-refractivity contribution in [1.29, 1.82) is 0 Å². The zero-order valence-corrected chi connectivity index (χ0v) is 8.50. The van der Waals surface area contributed by atoms with Crippen molar-refractivity contribution in [3.8, 4) is 5.75 Å². The van der Waals surface area contributed by atoms with Gasteiger partial charge in [0, 0.05) is 6.54 Å². The molecule has 0 radical (unpaired) electrons. The van der Waals surface area contributed by atoms with E-state index in [0.29, 0.717) is 13.2 Å². The van der Waals surface area contributed by atoms with Crippen LogP contribution in [0.2, 0.25) is 0 Å². The minimum absolute atomic E-state index is 0.564. The summed E-state index contributed by atoms with van der Waals surface area (Å²) in [5, 5.41) is 0. The molecule has 2 rings (SSSR count). The van der Waals surface area contributed by atoms with Gasteiger partial charge < -0.3 is 14.9 Å². The normalized spacial score (nSPS) is 8.87. The molecule has 1 aromatic heterocycles. The molecule has 0 amide bonds. The van der Waals surface area contributed by atoms with E-state index >= 15 is 0 Å². The fourth-order valence-electron chi connectivity index (χ4n) is 0.920. The number of furan rings is 1. The Morgan fingerprint density at radius 2 is 1.67 bits per heavy atom. The highest BCUT2D eigenvalue weighted by Gasteiger charge is 1.86. The van der Waals surface area contributed by atoms with Gasteiger partial charge in [-0.3, -0.25) is 0 Å². The second-order valence-corrected chi connectivity index (χ2v) is 2.74. The van der Waals surface area contributed by atoms with E-state index in [-0.39, 0.29) is 0 Å². The first-order chi connectivity index (χ1) is 7.43. The van der Waals surface area contributed by atoms with E-state index < -0.39 is 0 Å². The van der Waals surface area contributed by atoms with Crippen LogP contribution in [0.15, 0.2) is 59.4 Å². The molecular weight excluding hydrogens is 190 g/mol. The van der Waals surface area contributed by atoms with E-state index in [1.807, 2.05) is 42.5 Å². The molecule has 0 aliphatic heterocycles. The Labute approximate surface area is 89.5 Å². The zero-order chi connectivity index (χ0) is 10.8. The minimum atomic E-state index is 0.564. The van der Waals surface area contributed by atoms with Crippen LogP contribution in [-0.4, -0.2) is 13.2 Å². The fourth-order valence-corrected chi connectivity index (χ4v) is 0.920. The molecule has 0 bridgehead atoms. The van der Waals surface area contributed by atoms with Gasteiger partial charge in [0.2, 0.25) is 0 Å². The molecule has 1 aromatic carbocycles. The predicted molar refractivity (Wildman–Crippen MR) is 59.7 cm³/mol. The average molecular weight is 205 g/mol. The summed E-state index contributed by atoms with van der Waals surface area (Å²) in [5.41, 5.74) is 5.25. The monoisotopic (exact) mass is 205 g/mol. The minimum Gasteiger partial charge on any atom is -0.492 e. The molecule has 0 saturated carbocycles. The van der Waals surface area contributed by atoms with Gasteiger partial charge >= 0.3 is 0 Å². The van der Waals surface area contributed by atoms with Crippen LogP contribution in [0.25, 0.3) is 0 Å². The van der Waals surface area contributed by atoms with E-state index in [2.05, 4.69) is 4.42 Å². The highest BCUT2D eigenvalue weighted by Crippen LogP contribution is 2.06. The first-order valence-electron chi connectivity index (χ1n) is 4.78. The molecule has 0 unspecified atom stereocenters. The number of benzene rings is 1. The lowest BCUT2D eigenvalue weighted by Gasteiger charge is -2.01. The Kier molecular flexibility index (Phi) is 5.78. The lowest BCUT2D eigenvalue weighted by Crippen LogP contribution is -2.10. The van der Waals surface area contributed by atoms with Crippen molar-refractivity contribution < 1.29 is 9.15 Å². The van der Waals surface area contributed by atoms with E-state index in [1.165, 1.54) is 0 Å². The van der Waals surface area contributed by atoms with Gasteiger partial charge in [-0.1, -0.05) is 18.2 Å². The third-order valence-electron chi connectivity index (χ3n) is 1.56. The molecule has 0 atom stereocenters. The topological polar surface area (TPSA) is 48.4 Å². The molecule has 1 heterocycles. The van der Waals surface area contributed by atoms with Crippen LogP contribution < -0.4 is 10.5 Å². The molecule has 15 heavy (non-hydrogen) atoms. The molecule has 0 aliphatic rings. The summed E-state index contributed by atoms with van der Waals surface area (Å²) in [5.74, 6) is 0.882. The number of nitrogens with two attached hydrogens (primary N) is 1. The molecule has 80 valence electrons. The van der Waals surface area contributed by atoms with Crippen molar-refractivity contribution in [3.63, 3.8) is 0 Å². The third-order valence-corrected chi connectivity index (χ3v) is 1.56. The summed E-state index contributed by atoms with van der Waals surface area (Å²) in [6, 6.07) is 13.3. The summed E-state index contributed by atoms with van der Waals surface area (Å²) in [6.07, 6.45) is 3.25. The maximum absolute atomic E-state index is 5.25. The highest BCUT2D eigenvalue weighted by molar-refractivity contribution is 5.20. The Morgan fingerprint density at radius 3 is 2.13 bits per heavy atom. The highest BCUT2D eigenvalue weighted by atomic mass is 16.5. The van der Waals surface area contributed by atoms with E-state index in [0.717, 1.165) is 5.75 Å². The zero-order valence-electron chi connectivity index (χ0n) is 8.50.